The Morgan fingerprint density at radius 2 is 0.836 bits per heavy atom. The van der Waals surface area contributed by atoms with Crippen LogP contribution in [-0.2, 0) is 5.41 Å². The number of benzene rings is 11. The van der Waals surface area contributed by atoms with Crippen LogP contribution < -0.4 is 4.90 Å². The monoisotopic (exact) mass is 932 g/mol. The summed E-state index contributed by atoms with van der Waals surface area (Å²) in [7, 11) is 0. The molecule has 0 N–H and O–H groups in total. The molecule has 1 heterocycles. The SMILES string of the molecule is c1ccc(-c2ccccc2-c2ccccc2-c2ccccc2N(c2ccc(-c3ccc4c(c3)C3(CCCC3)c3ccccc3-4)cc2)c2cccc(-c3ccc4c5ccccc5n(-c5ccccc5)c4c3)c2)cc1. The fraction of sp³-hybridized carbons (Fsp3) is 0.0704. The Hall–Kier alpha value is -8.98. The van der Waals surface area contributed by atoms with Crippen LogP contribution in [0.25, 0.3) is 94.3 Å². The quantitative estimate of drug-likeness (QED) is 0.140. The summed E-state index contributed by atoms with van der Waals surface area (Å²) in [6, 6.07) is 98.8. The normalized spacial score (nSPS) is 13.4. The van der Waals surface area contributed by atoms with Gasteiger partial charge < -0.3 is 9.47 Å². The van der Waals surface area contributed by atoms with Gasteiger partial charge in [-0.2, -0.15) is 0 Å². The van der Waals surface area contributed by atoms with Crippen molar-refractivity contribution in [1.82, 2.24) is 4.57 Å². The second-order valence-electron chi connectivity index (χ2n) is 19.9. The van der Waals surface area contributed by atoms with Crippen molar-refractivity contribution in [2.45, 2.75) is 31.1 Å². The van der Waals surface area contributed by atoms with Gasteiger partial charge in [-0.25, -0.2) is 0 Å². The highest BCUT2D eigenvalue weighted by atomic mass is 15.1. The number of hydrogen-bond acceptors (Lipinski definition) is 1. The molecule has 1 spiro atoms. The molecule has 0 bridgehead atoms. The van der Waals surface area contributed by atoms with Gasteiger partial charge in [0.2, 0.25) is 0 Å². The summed E-state index contributed by atoms with van der Waals surface area (Å²) in [6.07, 6.45) is 5.00. The second kappa shape index (κ2) is 17.7. The van der Waals surface area contributed by atoms with Crippen LogP contribution in [0.4, 0.5) is 17.1 Å². The molecule has 73 heavy (non-hydrogen) atoms. The summed E-state index contributed by atoms with van der Waals surface area (Å²) in [5, 5.41) is 2.50. The minimum Gasteiger partial charge on any atom is -0.310 e. The first-order chi connectivity index (χ1) is 36.2. The van der Waals surface area contributed by atoms with E-state index in [0.29, 0.717) is 0 Å². The molecule has 1 aromatic heterocycles. The van der Waals surface area contributed by atoms with Crippen molar-refractivity contribution in [2.24, 2.45) is 0 Å². The lowest BCUT2D eigenvalue weighted by Gasteiger charge is -2.29. The largest absolute Gasteiger partial charge is 0.310 e. The molecule has 346 valence electrons. The predicted molar refractivity (Wildman–Crippen MR) is 307 cm³/mol. The molecule has 14 rings (SSSR count). The summed E-state index contributed by atoms with van der Waals surface area (Å²) < 4.78 is 2.41. The second-order valence-corrected chi connectivity index (χ2v) is 19.9. The molecule has 0 amide bonds. The summed E-state index contributed by atoms with van der Waals surface area (Å²) in [5.74, 6) is 0. The molecule has 0 saturated heterocycles. The molecule has 0 aliphatic heterocycles. The summed E-state index contributed by atoms with van der Waals surface area (Å²) in [6.45, 7) is 0. The maximum absolute atomic E-state index is 2.52. The molecule has 1 fully saturated rings. The molecule has 11 aromatic carbocycles. The van der Waals surface area contributed by atoms with E-state index in [1.807, 2.05) is 0 Å². The lowest BCUT2D eigenvalue weighted by atomic mass is 9.76. The lowest BCUT2D eigenvalue weighted by molar-refractivity contribution is 0.550. The lowest BCUT2D eigenvalue weighted by Crippen LogP contribution is -2.20. The maximum atomic E-state index is 2.52. The van der Waals surface area contributed by atoms with Crippen LogP contribution in [0.1, 0.15) is 36.8 Å². The highest BCUT2D eigenvalue weighted by Crippen LogP contribution is 2.57. The van der Waals surface area contributed by atoms with Crippen molar-refractivity contribution in [2.75, 3.05) is 4.90 Å². The molecule has 12 aromatic rings. The van der Waals surface area contributed by atoms with E-state index in [-0.39, 0.29) is 5.41 Å². The third-order valence-corrected chi connectivity index (χ3v) is 16.0. The highest BCUT2D eigenvalue weighted by molar-refractivity contribution is 6.10. The minimum absolute atomic E-state index is 0.119. The van der Waals surface area contributed by atoms with Crippen LogP contribution >= 0.6 is 0 Å². The average molecular weight is 933 g/mol. The van der Waals surface area contributed by atoms with Crippen molar-refractivity contribution in [3.63, 3.8) is 0 Å². The van der Waals surface area contributed by atoms with Crippen LogP contribution in [-0.4, -0.2) is 4.57 Å². The first-order valence-corrected chi connectivity index (χ1v) is 25.9. The number of nitrogens with zero attached hydrogens (tertiary/aromatic N) is 2. The fourth-order valence-electron chi connectivity index (χ4n) is 12.6. The Kier molecular flexibility index (Phi) is 10.4. The van der Waals surface area contributed by atoms with Crippen molar-refractivity contribution < 1.29 is 0 Å². The van der Waals surface area contributed by atoms with Crippen molar-refractivity contribution >= 4 is 38.9 Å². The van der Waals surface area contributed by atoms with Crippen molar-refractivity contribution in [1.29, 1.82) is 0 Å². The molecule has 1 saturated carbocycles. The molecular weight excluding hydrogens is 881 g/mol. The van der Waals surface area contributed by atoms with Crippen LogP contribution in [0.2, 0.25) is 0 Å². The third kappa shape index (κ3) is 7.16. The van der Waals surface area contributed by atoms with E-state index in [4.69, 9.17) is 0 Å². The Bertz CT molecular complexity index is 4020. The van der Waals surface area contributed by atoms with Crippen LogP contribution in [0.5, 0.6) is 0 Å². The van der Waals surface area contributed by atoms with E-state index in [9.17, 15) is 0 Å². The van der Waals surface area contributed by atoms with Gasteiger partial charge in [-0.1, -0.05) is 219 Å². The van der Waals surface area contributed by atoms with Crippen LogP contribution in [0.15, 0.2) is 267 Å². The van der Waals surface area contributed by atoms with Crippen LogP contribution in [0.3, 0.4) is 0 Å². The van der Waals surface area contributed by atoms with Gasteiger partial charge in [-0.15, -0.1) is 0 Å². The van der Waals surface area contributed by atoms with E-state index < -0.39 is 0 Å². The molecular formula is C71H52N2. The average Bonchev–Trinajstić information content (AvgIpc) is 4.17. The zero-order chi connectivity index (χ0) is 48.3. The van der Waals surface area contributed by atoms with Gasteiger partial charge in [0.1, 0.15) is 0 Å². The van der Waals surface area contributed by atoms with E-state index in [2.05, 4.69) is 276 Å². The van der Waals surface area contributed by atoms with Gasteiger partial charge in [0.15, 0.2) is 0 Å². The fourth-order valence-corrected chi connectivity index (χ4v) is 12.6. The zero-order valence-corrected chi connectivity index (χ0v) is 40.6. The molecule has 2 nitrogen and oxygen atoms in total. The molecule has 2 aliphatic rings. The van der Waals surface area contributed by atoms with Gasteiger partial charge in [-0.3, -0.25) is 0 Å². The predicted octanol–water partition coefficient (Wildman–Crippen LogP) is 19.4. The minimum atomic E-state index is 0.119. The summed E-state index contributed by atoms with van der Waals surface area (Å²) in [5.41, 5.74) is 24.8. The Morgan fingerprint density at radius 1 is 0.301 bits per heavy atom. The van der Waals surface area contributed by atoms with E-state index in [1.165, 1.54) is 114 Å². The van der Waals surface area contributed by atoms with Gasteiger partial charge in [0.25, 0.3) is 0 Å². The van der Waals surface area contributed by atoms with Gasteiger partial charge in [-0.05, 0) is 146 Å². The van der Waals surface area contributed by atoms with E-state index >= 15 is 0 Å². The third-order valence-electron chi connectivity index (χ3n) is 16.0. The van der Waals surface area contributed by atoms with E-state index in [1.54, 1.807) is 0 Å². The van der Waals surface area contributed by atoms with Crippen LogP contribution in [0, 0.1) is 0 Å². The highest BCUT2D eigenvalue weighted by Gasteiger charge is 2.44. The maximum Gasteiger partial charge on any atom is 0.0547 e. The topological polar surface area (TPSA) is 8.17 Å². The number of anilines is 3. The first-order valence-electron chi connectivity index (χ1n) is 25.9. The standard InChI is InChI=1S/C71H52N2/c1-3-20-50(21-4-1)57-26-7-8-27-58(57)59-28-9-10-29-60(59)63-31-12-15-34-68(63)72(55-40-36-49(37-41-55)52-38-42-62-61-30-11-14-33-66(61)71(67(62)47-52)44-17-18-45-71)56-25-19-22-51(46-56)53-39-43-65-64-32-13-16-35-69(64)73(70(65)48-53)54-23-5-2-6-24-54/h1-16,19-43,46-48H,17-18,44-45H2. The molecule has 0 radical (unpaired) electrons. The van der Waals surface area contributed by atoms with Crippen molar-refractivity contribution in [3.05, 3.63) is 278 Å². The molecule has 0 atom stereocenters. The summed E-state index contributed by atoms with van der Waals surface area (Å²) >= 11 is 0. The summed E-state index contributed by atoms with van der Waals surface area (Å²) in [4.78, 5) is 2.47. The number of rotatable bonds is 9. The molecule has 2 heteroatoms. The van der Waals surface area contributed by atoms with Gasteiger partial charge >= 0.3 is 0 Å². The van der Waals surface area contributed by atoms with Gasteiger partial charge in [0, 0.05) is 38.8 Å². The smallest absolute Gasteiger partial charge is 0.0547 e. The van der Waals surface area contributed by atoms with Gasteiger partial charge in [0.05, 0.1) is 16.7 Å². The zero-order valence-electron chi connectivity index (χ0n) is 40.6. The number of aromatic nitrogens is 1. The molecule has 0 unspecified atom stereocenters. The number of hydrogen-bond donors (Lipinski definition) is 0. The Balaban J connectivity index is 0.922. The Morgan fingerprint density at radius 3 is 1.62 bits per heavy atom. The number of para-hydroxylation sites is 3. The van der Waals surface area contributed by atoms with Crippen molar-refractivity contribution in [3.8, 4) is 72.4 Å². The molecule has 2 aliphatic carbocycles. The first kappa shape index (κ1) is 42.9. The Labute approximate surface area is 427 Å². The number of fused-ring (bicyclic) bond motifs is 8. The van der Waals surface area contributed by atoms with E-state index in [0.717, 1.165) is 33.9 Å².